The molecule has 0 bridgehead atoms. The van der Waals surface area contributed by atoms with E-state index in [1.54, 1.807) is 6.20 Å². The summed E-state index contributed by atoms with van der Waals surface area (Å²) in [6.07, 6.45) is 6.55. The van der Waals surface area contributed by atoms with Gasteiger partial charge in [0.2, 0.25) is 0 Å². The number of fused-ring (bicyclic) bond motifs is 1. The van der Waals surface area contributed by atoms with Crippen LogP contribution in [-0.4, -0.2) is 21.5 Å². The fourth-order valence-corrected chi connectivity index (χ4v) is 2.67. The van der Waals surface area contributed by atoms with Crippen LogP contribution in [0.15, 0.2) is 61.1 Å². The summed E-state index contributed by atoms with van der Waals surface area (Å²) in [5, 5.41) is 0. The molecule has 0 spiro atoms. The molecule has 0 amide bonds. The summed E-state index contributed by atoms with van der Waals surface area (Å²) in [4.78, 5) is 15.6. The van der Waals surface area contributed by atoms with Gasteiger partial charge < -0.3 is 4.90 Å². The Morgan fingerprint density at radius 1 is 0.810 bits per heavy atom. The first kappa shape index (κ1) is 12.0. The van der Waals surface area contributed by atoms with Crippen LogP contribution in [0.2, 0.25) is 0 Å². The summed E-state index contributed by atoms with van der Waals surface area (Å²) in [5.74, 6) is 1.05. The van der Waals surface area contributed by atoms with Crippen LogP contribution >= 0.6 is 0 Å². The molecule has 4 nitrogen and oxygen atoms in total. The number of pyridine rings is 3. The van der Waals surface area contributed by atoms with Crippen molar-refractivity contribution in [2.24, 2.45) is 0 Å². The summed E-state index contributed by atoms with van der Waals surface area (Å²) in [6.45, 7) is 0.955. The van der Waals surface area contributed by atoms with Crippen LogP contribution in [0.25, 0.3) is 11.4 Å². The lowest BCUT2D eigenvalue weighted by Crippen LogP contribution is -2.14. The van der Waals surface area contributed by atoms with Crippen molar-refractivity contribution in [1.82, 2.24) is 15.0 Å². The minimum Gasteiger partial charge on any atom is -0.324 e. The number of nitrogens with zero attached hydrogens (tertiary/aromatic N) is 4. The van der Waals surface area contributed by atoms with E-state index in [9.17, 15) is 0 Å². The van der Waals surface area contributed by atoms with E-state index >= 15 is 0 Å². The quantitative estimate of drug-likeness (QED) is 0.719. The highest BCUT2D eigenvalue weighted by molar-refractivity contribution is 5.67. The van der Waals surface area contributed by atoms with Crippen molar-refractivity contribution in [3.05, 3.63) is 66.6 Å². The molecule has 3 aromatic rings. The second kappa shape index (κ2) is 4.98. The largest absolute Gasteiger partial charge is 0.324 e. The standard InChI is InChI=1S/C17H14N4/c1-2-9-18-15(5-1)16-7-6-14(12-20-16)21-11-8-13-4-3-10-19-17(13)21/h1-7,9-10,12H,8,11H2. The Kier molecular flexibility index (Phi) is 2.85. The van der Waals surface area contributed by atoms with E-state index in [0.717, 1.165) is 35.9 Å². The van der Waals surface area contributed by atoms with Crippen molar-refractivity contribution in [1.29, 1.82) is 0 Å². The maximum atomic E-state index is 4.53. The SMILES string of the molecule is c1ccc(-c2ccc(N3CCc4cccnc43)cn2)nc1. The summed E-state index contributed by atoms with van der Waals surface area (Å²) in [7, 11) is 0. The smallest absolute Gasteiger partial charge is 0.136 e. The first-order valence-electron chi connectivity index (χ1n) is 7.01. The molecule has 0 N–H and O–H groups in total. The van der Waals surface area contributed by atoms with Crippen LogP contribution in [0.1, 0.15) is 5.56 Å². The fourth-order valence-electron chi connectivity index (χ4n) is 2.67. The van der Waals surface area contributed by atoms with Gasteiger partial charge >= 0.3 is 0 Å². The van der Waals surface area contributed by atoms with Crippen molar-refractivity contribution in [3.63, 3.8) is 0 Å². The molecule has 0 atom stereocenters. The number of hydrogen-bond acceptors (Lipinski definition) is 4. The summed E-state index contributed by atoms with van der Waals surface area (Å²) in [6, 6.07) is 14.1. The summed E-state index contributed by atoms with van der Waals surface area (Å²) >= 11 is 0. The molecule has 0 saturated heterocycles. The van der Waals surface area contributed by atoms with Crippen LogP contribution in [-0.2, 0) is 6.42 Å². The number of rotatable bonds is 2. The molecule has 4 heteroatoms. The van der Waals surface area contributed by atoms with Crippen molar-refractivity contribution >= 4 is 11.5 Å². The Morgan fingerprint density at radius 3 is 2.52 bits per heavy atom. The molecular weight excluding hydrogens is 260 g/mol. The third-order valence-corrected chi connectivity index (χ3v) is 3.71. The zero-order chi connectivity index (χ0) is 14.1. The van der Waals surface area contributed by atoms with Gasteiger partial charge in [0.15, 0.2) is 0 Å². The van der Waals surface area contributed by atoms with E-state index in [2.05, 4.69) is 32.0 Å². The lowest BCUT2D eigenvalue weighted by molar-refractivity contribution is 0.985. The van der Waals surface area contributed by atoms with Gasteiger partial charge in [-0.25, -0.2) is 4.98 Å². The van der Waals surface area contributed by atoms with E-state index in [4.69, 9.17) is 0 Å². The molecule has 102 valence electrons. The maximum absolute atomic E-state index is 4.53. The first-order chi connectivity index (χ1) is 10.4. The van der Waals surface area contributed by atoms with E-state index in [0.29, 0.717) is 0 Å². The zero-order valence-electron chi connectivity index (χ0n) is 11.5. The van der Waals surface area contributed by atoms with E-state index in [1.807, 2.05) is 42.7 Å². The van der Waals surface area contributed by atoms with Crippen LogP contribution in [0.4, 0.5) is 11.5 Å². The third-order valence-electron chi connectivity index (χ3n) is 3.71. The maximum Gasteiger partial charge on any atom is 0.136 e. The highest BCUT2D eigenvalue weighted by Crippen LogP contribution is 2.32. The lowest BCUT2D eigenvalue weighted by atomic mass is 10.2. The molecule has 0 unspecified atom stereocenters. The van der Waals surface area contributed by atoms with Gasteiger partial charge in [0.1, 0.15) is 5.82 Å². The predicted molar refractivity (Wildman–Crippen MR) is 82.4 cm³/mol. The molecule has 21 heavy (non-hydrogen) atoms. The van der Waals surface area contributed by atoms with Crippen molar-refractivity contribution in [2.75, 3.05) is 11.4 Å². The molecule has 0 aromatic carbocycles. The zero-order valence-corrected chi connectivity index (χ0v) is 11.5. The van der Waals surface area contributed by atoms with E-state index in [-0.39, 0.29) is 0 Å². The van der Waals surface area contributed by atoms with E-state index < -0.39 is 0 Å². The van der Waals surface area contributed by atoms with Gasteiger partial charge in [-0.2, -0.15) is 0 Å². The topological polar surface area (TPSA) is 41.9 Å². The van der Waals surface area contributed by atoms with Crippen molar-refractivity contribution < 1.29 is 0 Å². The van der Waals surface area contributed by atoms with Gasteiger partial charge in [-0.3, -0.25) is 9.97 Å². The Labute approximate surface area is 123 Å². The number of anilines is 2. The summed E-state index contributed by atoms with van der Waals surface area (Å²) in [5.41, 5.74) is 4.15. The first-order valence-corrected chi connectivity index (χ1v) is 7.01. The van der Waals surface area contributed by atoms with E-state index in [1.165, 1.54) is 5.56 Å². The Morgan fingerprint density at radius 2 is 1.71 bits per heavy atom. The molecule has 0 aliphatic carbocycles. The highest BCUT2D eigenvalue weighted by atomic mass is 15.2. The van der Waals surface area contributed by atoms with Crippen molar-refractivity contribution in [3.8, 4) is 11.4 Å². The molecule has 1 aliphatic rings. The molecular formula is C17H14N4. The van der Waals surface area contributed by atoms with Crippen LogP contribution in [0, 0.1) is 0 Å². The molecule has 4 heterocycles. The van der Waals surface area contributed by atoms with Crippen LogP contribution in [0.3, 0.4) is 0 Å². The van der Waals surface area contributed by atoms with Gasteiger partial charge in [-0.05, 0) is 42.3 Å². The van der Waals surface area contributed by atoms with Crippen LogP contribution < -0.4 is 4.90 Å². The molecule has 4 rings (SSSR count). The Bertz CT molecular complexity index is 753. The number of aromatic nitrogens is 3. The fraction of sp³-hybridized carbons (Fsp3) is 0.118. The monoisotopic (exact) mass is 274 g/mol. The Balaban J connectivity index is 1.66. The molecule has 0 fully saturated rings. The lowest BCUT2D eigenvalue weighted by Gasteiger charge is -2.18. The average Bonchev–Trinajstić information content (AvgIpc) is 3.00. The van der Waals surface area contributed by atoms with Gasteiger partial charge in [0.25, 0.3) is 0 Å². The molecule has 0 saturated carbocycles. The van der Waals surface area contributed by atoms with Crippen molar-refractivity contribution in [2.45, 2.75) is 6.42 Å². The Hall–Kier alpha value is -2.75. The molecule has 0 radical (unpaired) electrons. The summed E-state index contributed by atoms with van der Waals surface area (Å²) < 4.78 is 0. The van der Waals surface area contributed by atoms with Crippen LogP contribution in [0.5, 0.6) is 0 Å². The van der Waals surface area contributed by atoms with Gasteiger partial charge in [0, 0.05) is 18.9 Å². The molecule has 3 aromatic heterocycles. The average molecular weight is 274 g/mol. The minimum absolute atomic E-state index is 0.889. The number of hydrogen-bond donors (Lipinski definition) is 0. The third kappa shape index (κ3) is 2.14. The van der Waals surface area contributed by atoms with Gasteiger partial charge in [-0.15, -0.1) is 0 Å². The van der Waals surface area contributed by atoms with Gasteiger partial charge in [-0.1, -0.05) is 12.1 Å². The normalized spacial score (nSPS) is 13.2. The minimum atomic E-state index is 0.889. The second-order valence-corrected chi connectivity index (χ2v) is 5.00. The second-order valence-electron chi connectivity index (χ2n) is 5.00. The predicted octanol–water partition coefficient (Wildman–Crippen LogP) is 3.23. The molecule has 1 aliphatic heterocycles. The highest BCUT2D eigenvalue weighted by Gasteiger charge is 2.21. The van der Waals surface area contributed by atoms with Gasteiger partial charge in [0.05, 0.1) is 23.3 Å².